The van der Waals surface area contributed by atoms with Gasteiger partial charge in [0.25, 0.3) is 5.91 Å². The monoisotopic (exact) mass is 331 g/mol. The highest BCUT2D eigenvalue weighted by Gasteiger charge is 2.25. The molecule has 128 valence electrons. The summed E-state index contributed by atoms with van der Waals surface area (Å²) in [6.07, 6.45) is 0.648. The van der Waals surface area contributed by atoms with Gasteiger partial charge >= 0.3 is 0 Å². The number of carbonyl (C=O) groups excluding carboxylic acids is 3. The van der Waals surface area contributed by atoms with Gasteiger partial charge in [0.2, 0.25) is 5.91 Å². The molecule has 1 aromatic heterocycles. The molecular formula is C17H21N3O4. The molecule has 0 N–H and O–H groups in total. The lowest BCUT2D eigenvalue weighted by Crippen LogP contribution is -2.30. The van der Waals surface area contributed by atoms with E-state index in [2.05, 4.69) is 0 Å². The Morgan fingerprint density at radius 2 is 1.83 bits per heavy atom. The minimum absolute atomic E-state index is 0.0292. The lowest BCUT2D eigenvalue weighted by molar-refractivity contribution is -0.129. The Kier molecular flexibility index (Phi) is 4.92. The number of ether oxygens (including phenoxy) is 1. The van der Waals surface area contributed by atoms with Crippen LogP contribution in [0.5, 0.6) is 5.75 Å². The zero-order valence-electron chi connectivity index (χ0n) is 14.5. The highest BCUT2D eigenvalue weighted by atomic mass is 16.5. The molecule has 0 radical (unpaired) electrons. The van der Waals surface area contributed by atoms with Crippen LogP contribution in [0, 0.1) is 0 Å². The molecule has 24 heavy (non-hydrogen) atoms. The fourth-order valence-corrected chi connectivity index (χ4v) is 2.49. The molecule has 7 nitrogen and oxygen atoms in total. The van der Waals surface area contributed by atoms with Crippen molar-refractivity contribution in [3.63, 3.8) is 0 Å². The molecule has 0 atom stereocenters. The predicted octanol–water partition coefficient (Wildman–Crippen LogP) is 1.25. The third-order valence-electron chi connectivity index (χ3n) is 3.83. The number of fused-ring (bicyclic) bond motifs is 1. The number of aldehydes is 1. The summed E-state index contributed by atoms with van der Waals surface area (Å²) in [5.41, 5.74) is 1.10. The summed E-state index contributed by atoms with van der Waals surface area (Å²) < 4.78 is 6.79. The first-order valence-electron chi connectivity index (χ1n) is 7.39. The first kappa shape index (κ1) is 17.5. The van der Waals surface area contributed by atoms with Crippen LogP contribution in [0.4, 0.5) is 0 Å². The number of nitrogens with zero attached hydrogens (tertiary/aromatic N) is 3. The van der Waals surface area contributed by atoms with Crippen LogP contribution in [-0.4, -0.2) is 67.8 Å². The van der Waals surface area contributed by atoms with Crippen molar-refractivity contribution in [1.29, 1.82) is 0 Å². The summed E-state index contributed by atoms with van der Waals surface area (Å²) in [6.45, 7) is -0.0292. The maximum Gasteiger partial charge on any atom is 0.270 e. The molecule has 0 bridgehead atoms. The molecule has 0 spiro atoms. The molecule has 2 rings (SSSR count). The van der Waals surface area contributed by atoms with Gasteiger partial charge in [-0.3, -0.25) is 14.4 Å². The SMILES string of the molecule is COc1ccc2c(c1)c(C=O)c(C(=O)N(C)C)n2CC(=O)N(C)C. The number of aromatic nitrogens is 1. The Morgan fingerprint density at radius 1 is 1.17 bits per heavy atom. The summed E-state index contributed by atoms with van der Waals surface area (Å²) in [5, 5.41) is 0.584. The Balaban J connectivity index is 2.80. The van der Waals surface area contributed by atoms with Crippen molar-refractivity contribution in [2.75, 3.05) is 35.3 Å². The Hall–Kier alpha value is -2.83. The van der Waals surface area contributed by atoms with Crippen LogP contribution < -0.4 is 4.74 Å². The normalized spacial score (nSPS) is 10.5. The van der Waals surface area contributed by atoms with Crippen LogP contribution in [-0.2, 0) is 11.3 Å². The highest BCUT2D eigenvalue weighted by Crippen LogP contribution is 2.29. The van der Waals surface area contributed by atoms with E-state index in [9.17, 15) is 14.4 Å². The smallest absolute Gasteiger partial charge is 0.270 e. The van der Waals surface area contributed by atoms with E-state index in [0.717, 1.165) is 0 Å². The van der Waals surface area contributed by atoms with Gasteiger partial charge < -0.3 is 19.1 Å². The molecule has 0 aliphatic carbocycles. The predicted molar refractivity (Wildman–Crippen MR) is 90.6 cm³/mol. The standard InChI is InChI=1S/C17H21N3O4/c1-18(2)15(22)9-20-14-7-6-11(24-5)8-12(14)13(10-21)16(20)17(23)19(3)4/h6-8,10H,9H2,1-5H3. The van der Waals surface area contributed by atoms with Gasteiger partial charge in [-0.05, 0) is 18.2 Å². The van der Waals surface area contributed by atoms with Gasteiger partial charge in [-0.2, -0.15) is 0 Å². The van der Waals surface area contributed by atoms with Gasteiger partial charge in [-0.15, -0.1) is 0 Å². The molecule has 0 saturated carbocycles. The second kappa shape index (κ2) is 6.74. The van der Waals surface area contributed by atoms with E-state index in [1.54, 1.807) is 51.0 Å². The Bertz CT molecular complexity index is 806. The van der Waals surface area contributed by atoms with Crippen molar-refractivity contribution in [3.8, 4) is 5.75 Å². The molecule has 0 saturated heterocycles. The van der Waals surface area contributed by atoms with Gasteiger partial charge in [0.15, 0.2) is 6.29 Å². The maximum absolute atomic E-state index is 12.6. The summed E-state index contributed by atoms with van der Waals surface area (Å²) in [6, 6.07) is 5.18. The summed E-state index contributed by atoms with van der Waals surface area (Å²) in [7, 11) is 8.02. The van der Waals surface area contributed by atoms with Gasteiger partial charge in [0, 0.05) is 33.6 Å². The molecule has 1 aromatic carbocycles. The minimum atomic E-state index is -0.334. The number of benzene rings is 1. The van der Waals surface area contributed by atoms with E-state index in [1.165, 1.54) is 16.9 Å². The molecule has 0 aliphatic rings. The van der Waals surface area contributed by atoms with Crippen LogP contribution in [0.15, 0.2) is 18.2 Å². The highest BCUT2D eigenvalue weighted by molar-refractivity contribution is 6.10. The van der Waals surface area contributed by atoms with Crippen LogP contribution in [0.3, 0.4) is 0 Å². The Morgan fingerprint density at radius 3 is 2.33 bits per heavy atom. The van der Waals surface area contributed by atoms with Crippen molar-refractivity contribution in [3.05, 3.63) is 29.5 Å². The van der Waals surface area contributed by atoms with Crippen LogP contribution in [0.2, 0.25) is 0 Å². The lowest BCUT2D eigenvalue weighted by Gasteiger charge is -2.16. The second-order valence-corrected chi connectivity index (χ2v) is 5.84. The summed E-state index contributed by atoms with van der Waals surface area (Å²) >= 11 is 0. The zero-order chi connectivity index (χ0) is 18.0. The maximum atomic E-state index is 12.6. The summed E-state index contributed by atoms with van der Waals surface area (Å²) in [5.74, 6) is 0.0670. The van der Waals surface area contributed by atoms with E-state index in [1.807, 2.05) is 0 Å². The van der Waals surface area contributed by atoms with E-state index in [-0.39, 0.29) is 29.6 Å². The van der Waals surface area contributed by atoms with Gasteiger partial charge in [0.1, 0.15) is 18.0 Å². The van der Waals surface area contributed by atoms with Crippen LogP contribution in [0.25, 0.3) is 10.9 Å². The fourth-order valence-electron chi connectivity index (χ4n) is 2.49. The summed E-state index contributed by atoms with van der Waals surface area (Å²) in [4.78, 5) is 39.3. The van der Waals surface area contributed by atoms with E-state index in [0.29, 0.717) is 22.9 Å². The Labute approximate surface area is 140 Å². The first-order valence-corrected chi connectivity index (χ1v) is 7.39. The van der Waals surface area contributed by atoms with Gasteiger partial charge in [0.05, 0.1) is 18.2 Å². The largest absolute Gasteiger partial charge is 0.497 e. The molecular weight excluding hydrogens is 310 g/mol. The number of methoxy groups -OCH3 is 1. The second-order valence-electron chi connectivity index (χ2n) is 5.84. The number of hydrogen-bond acceptors (Lipinski definition) is 4. The molecule has 0 aliphatic heterocycles. The average Bonchev–Trinajstić information content (AvgIpc) is 2.86. The van der Waals surface area contributed by atoms with Crippen molar-refractivity contribution < 1.29 is 19.1 Å². The molecule has 7 heteroatoms. The van der Waals surface area contributed by atoms with E-state index in [4.69, 9.17) is 4.74 Å². The number of rotatable bonds is 5. The van der Waals surface area contributed by atoms with Crippen molar-refractivity contribution in [2.45, 2.75) is 6.54 Å². The number of carbonyl (C=O) groups is 3. The zero-order valence-corrected chi connectivity index (χ0v) is 14.5. The topological polar surface area (TPSA) is 71.9 Å². The van der Waals surface area contributed by atoms with Crippen LogP contribution in [0.1, 0.15) is 20.8 Å². The minimum Gasteiger partial charge on any atom is -0.497 e. The molecule has 2 amide bonds. The van der Waals surface area contributed by atoms with Crippen LogP contribution >= 0.6 is 0 Å². The first-order chi connectivity index (χ1) is 11.3. The van der Waals surface area contributed by atoms with Crippen molar-refractivity contribution in [2.24, 2.45) is 0 Å². The third-order valence-corrected chi connectivity index (χ3v) is 3.83. The number of amides is 2. The fraction of sp³-hybridized carbons (Fsp3) is 0.353. The van der Waals surface area contributed by atoms with Crippen molar-refractivity contribution >= 4 is 29.0 Å². The molecule has 2 aromatic rings. The quantitative estimate of drug-likeness (QED) is 0.773. The molecule has 1 heterocycles. The lowest BCUT2D eigenvalue weighted by atomic mass is 10.1. The molecule has 0 fully saturated rings. The van der Waals surface area contributed by atoms with Crippen molar-refractivity contribution in [1.82, 2.24) is 14.4 Å². The number of likely N-dealkylation sites (N-methyl/N-ethyl adjacent to an activating group) is 1. The average molecular weight is 331 g/mol. The molecule has 0 unspecified atom stereocenters. The van der Waals surface area contributed by atoms with Gasteiger partial charge in [-0.25, -0.2) is 0 Å². The van der Waals surface area contributed by atoms with E-state index >= 15 is 0 Å². The van der Waals surface area contributed by atoms with E-state index < -0.39 is 0 Å². The number of hydrogen-bond donors (Lipinski definition) is 0. The third kappa shape index (κ3) is 2.97. The van der Waals surface area contributed by atoms with Gasteiger partial charge in [-0.1, -0.05) is 0 Å².